The van der Waals surface area contributed by atoms with Gasteiger partial charge >= 0.3 is 0 Å². The summed E-state index contributed by atoms with van der Waals surface area (Å²) < 4.78 is 0. The van der Waals surface area contributed by atoms with E-state index in [2.05, 4.69) is 22.2 Å². The number of imidazole rings is 1. The Morgan fingerprint density at radius 1 is 1.26 bits per heavy atom. The highest BCUT2D eigenvalue weighted by atomic mass is 15.0. The molecule has 2 N–H and O–H groups in total. The quantitative estimate of drug-likeness (QED) is 0.865. The molecule has 0 radical (unpaired) electrons. The Morgan fingerprint density at radius 3 is 2.84 bits per heavy atom. The molecule has 1 aromatic rings. The SMILES string of the molecule is CCC(NC1CCC2CCCCC2C1)c1ncc[nH]1. The summed E-state index contributed by atoms with van der Waals surface area (Å²) in [7, 11) is 0. The molecule has 2 aliphatic carbocycles. The number of nitrogens with zero attached hydrogens (tertiary/aromatic N) is 1. The smallest absolute Gasteiger partial charge is 0.123 e. The van der Waals surface area contributed by atoms with Crippen molar-refractivity contribution in [3.05, 3.63) is 18.2 Å². The van der Waals surface area contributed by atoms with Crippen molar-refractivity contribution in [3.8, 4) is 0 Å². The van der Waals surface area contributed by atoms with Crippen LogP contribution in [-0.2, 0) is 0 Å². The van der Waals surface area contributed by atoms with Crippen molar-refractivity contribution in [2.45, 2.75) is 70.4 Å². The molecular formula is C16H27N3. The monoisotopic (exact) mass is 261 g/mol. The van der Waals surface area contributed by atoms with Crippen LogP contribution in [-0.4, -0.2) is 16.0 Å². The van der Waals surface area contributed by atoms with Crippen LogP contribution >= 0.6 is 0 Å². The number of hydrogen-bond donors (Lipinski definition) is 2. The number of nitrogens with one attached hydrogen (secondary N) is 2. The number of rotatable bonds is 4. The third-order valence-corrected chi connectivity index (χ3v) is 5.23. The molecule has 4 atom stereocenters. The molecule has 0 saturated heterocycles. The van der Waals surface area contributed by atoms with Crippen molar-refractivity contribution in [1.82, 2.24) is 15.3 Å². The van der Waals surface area contributed by atoms with Gasteiger partial charge in [0.25, 0.3) is 0 Å². The molecule has 0 aliphatic heterocycles. The van der Waals surface area contributed by atoms with Gasteiger partial charge in [-0.25, -0.2) is 4.98 Å². The zero-order valence-corrected chi connectivity index (χ0v) is 12.1. The highest BCUT2D eigenvalue weighted by Crippen LogP contribution is 2.40. The van der Waals surface area contributed by atoms with E-state index in [0.717, 1.165) is 24.1 Å². The van der Waals surface area contributed by atoms with Gasteiger partial charge in [-0.1, -0.05) is 32.6 Å². The summed E-state index contributed by atoms with van der Waals surface area (Å²) in [5.41, 5.74) is 0. The Labute approximate surface area is 116 Å². The van der Waals surface area contributed by atoms with E-state index in [-0.39, 0.29) is 0 Å². The first-order chi connectivity index (χ1) is 9.36. The van der Waals surface area contributed by atoms with Crippen LogP contribution in [0, 0.1) is 11.8 Å². The Balaban J connectivity index is 1.57. The summed E-state index contributed by atoms with van der Waals surface area (Å²) >= 11 is 0. The lowest BCUT2D eigenvalue weighted by molar-refractivity contribution is 0.137. The second kappa shape index (κ2) is 6.08. The Morgan fingerprint density at radius 2 is 2.11 bits per heavy atom. The fourth-order valence-corrected chi connectivity index (χ4v) is 4.17. The average molecular weight is 261 g/mol. The van der Waals surface area contributed by atoms with Gasteiger partial charge in [-0.3, -0.25) is 0 Å². The van der Waals surface area contributed by atoms with Crippen LogP contribution in [0.1, 0.15) is 70.2 Å². The lowest BCUT2D eigenvalue weighted by Crippen LogP contribution is -2.40. The molecule has 4 unspecified atom stereocenters. The molecule has 0 bridgehead atoms. The van der Waals surface area contributed by atoms with Gasteiger partial charge in [0, 0.05) is 18.4 Å². The van der Waals surface area contributed by atoms with E-state index in [1.165, 1.54) is 44.9 Å². The number of hydrogen-bond acceptors (Lipinski definition) is 2. The third-order valence-electron chi connectivity index (χ3n) is 5.23. The molecule has 106 valence electrons. The van der Waals surface area contributed by atoms with Crippen LogP contribution in [0.25, 0.3) is 0 Å². The number of aromatic nitrogens is 2. The second-order valence-corrected chi connectivity index (χ2v) is 6.42. The maximum atomic E-state index is 4.42. The Hall–Kier alpha value is -0.830. The summed E-state index contributed by atoms with van der Waals surface area (Å²) in [5, 5.41) is 3.85. The zero-order chi connectivity index (χ0) is 13.1. The van der Waals surface area contributed by atoms with Gasteiger partial charge in [-0.2, -0.15) is 0 Å². The maximum Gasteiger partial charge on any atom is 0.123 e. The maximum absolute atomic E-state index is 4.42. The fourth-order valence-electron chi connectivity index (χ4n) is 4.17. The molecule has 1 aromatic heterocycles. The van der Waals surface area contributed by atoms with E-state index in [1.54, 1.807) is 0 Å². The number of aromatic amines is 1. The van der Waals surface area contributed by atoms with Gasteiger partial charge < -0.3 is 10.3 Å². The van der Waals surface area contributed by atoms with Crippen LogP contribution in [0.15, 0.2) is 12.4 Å². The third kappa shape index (κ3) is 3.02. The molecule has 0 aromatic carbocycles. The molecular weight excluding hydrogens is 234 g/mol. The minimum Gasteiger partial charge on any atom is -0.347 e. The molecule has 2 saturated carbocycles. The molecule has 1 heterocycles. The summed E-state index contributed by atoms with van der Waals surface area (Å²) in [6, 6.07) is 1.11. The summed E-state index contributed by atoms with van der Waals surface area (Å²) in [6.45, 7) is 2.24. The molecule has 0 spiro atoms. The molecule has 3 heteroatoms. The van der Waals surface area contributed by atoms with Crippen molar-refractivity contribution in [3.63, 3.8) is 0 Å². The first-order valence-electron chi connectivity index (χ1n) is 8.12. The lowest BCUT2D eigenvalue weighted by Gasteiger charge is -2.40. The topological polar surface area (TPSA) is 40.7 Å². The van der Waals surface area contributed by atoms with E-state index >= 15 is 0 Å². The predicted octanol–water partition coefficient (Wildman–Crippen LogP) is 3.81. The van der Waals surface area contributed by atoms with Gasteiger partial charge in [0.2, 0.25) is 0 Å². The van der Waals surface area contributed by atoms with E-state index < -0.39 is 0 Å². The van der Waals surface area contributed by atoms with Crippen molar-refractivity contribution in [1.29, 1.82) is 0 Å². The number of fused-ring (bicyclic) bond motifs is 1. The molecule has 0 amide bonds. The largest absolute Gasteiger partial charge is 0.347 e. The summed E-state index contributed by atoms with van der Waals surface area (Å²) in [6.07, 6.45) is 15.0. The van der Waals surface area contributed by atoms with Crippen LogP contribution in [0.2, 0.25) is 0 Å². The Bertz CT molecular complexity index is 373. The van der Waals surface area contributed by atoms with Crippen molar-refractivity contribution < 1.29 is 0 Å². The highest BCUT2D eigenvalue weighted by molar-refractivity contribution is 4.97. The first kappa shape index (κ1) is 13.2. The van der Waals surface area contributed by atoms with Gasteiger partial charge in [0.1, 0.15) is 5.82 Å². The molecule has 2 fully saturated rings. The van der Waals surface area contributed by atoms with Gasteiger partial charge in [0.05, 0.1) is 6.04 Å². The lowest BCUT2D eigenvalue weighted by atomic mass is 9.69. The normalized spacial score (nSPS) is 32.8. The number of H-pyrrole nitrogens is 1. The van der Waals surface area contributed by atoms with E-state index in [9.17, 15) is 0 Å². The van der Waals surface area contributed by atoms with E-state index in [0.29, 0.717) is 12.1 Å². The van der Waals surface area contributed by atoms with Gasteiger partial charge in [-0.05, 0) is 37.5 Å². The molecule has 2 aliphatic rings. The van der Waals surface area contributed by atoms with E-state index in [4.69, 9.17) is 0 Å². The zero-order valence-electron chi connectivity index (χ0n) is 12.1. The first-order valence-corrected chi connectivity index (χ1v) is 8.12. The minimum atomic E-state index is 0.403. The Kier molecular flexibility index (Phi) is 4.21. The van der Waals surface area contributed by atoms with Crippen LogP contribution < -0.4 is 5.32 Å². The average Bonchev–Trinajstić information content (AvgIpc) is 2.98. The van der Waals surface area contributed by atoms with Crippen LogP contribution in [0.5, 0.6) is 0 Å². The van der Waals surface area contributed by atoms with E-state index in [1.807, 2.05) is 12.4 Å². The molecule has 3 rings (SSSR count). The van der Waals surface area contributed by atoms with Crippen molar-refractivity contribution >= 4 is 0 Å². The molecule has 3 nitrogen and oxygen atoms in total. The van der Waals surface area contributed by atoms with Crippen LogP contribution in [0.4, 0.5) is 0 Å². The standard InChI is InChI=1S/C16H27N3/c1-2-15(16-17-9-10-18-16)19-14-8-7-12-5-3-4-6-13(12)11-14/h9-10,12-15,19H,2-8,11H2,1H3,(H,17,18). The predicted molar refractivity (Wildman–Crippen MR) is 77.8 cm³/mol. The second-order valence-electron chi connectivity index (χ2n) is 6.42. The molecule has 19 heavy (non-hydrogen) atoms. The van der Waals surface area contributed by atoms with Crippen LogP contribution in [0.3, 0.4) is 0 Å². The minimum absolute atomic E-state index is 0.403. The summed E-state index contributed by atoms with van der Waals surface area (Å²) in [4.78, 5) is 7.68. The highest BCUT2D eigenvalue weighted by Gasteiger charge is 2.32. The van der Waals surface area contributed by atoms with Gasteiger partial charge in [0.15, 0.2) is 0 Å². The van der Waals surface area contributed by atoms with Crippen molar-refractivity contribution in [2.75, 3.05) is 0 Å². The van der Waals surface area contributed by atoms with Crippen molar-refractivity contribution in [2.24, 2.45) is 11.8 Å². The summed E-state index contributed by atoms with van der Waals surface area (Å²) in [5.74, 6) is 3.14. The fraction of sp³-hybridized carbons (Fsp3) is 0.812. The van der Waals surface area contributed by atoms with Gasteiger partial charge in [-0.15, -0.1) is 0 Å².